The largest absolute Gasteiger partial charge is 0.481 e. The molecular weight excluding hydrogens is 395 g/mol. The lowest BCUT2D eigenvalue weighted by Crippen LogP contribution is -2.28. The number of carbonyl (C=O) groups excluding carboxylic acids is 2. The monoisotopic (exact) mass is 420 g/mol. The minimum absolute atomic E-state index is 0.0178. The number of anilines is 1. The number of carbonyl (C=O) groups is 2. The zero-order chi connectivity index (χ0) is 20.6. The third-order valence-electron chi connectivity index (χ3n) is 4.66. The minimum Gasteiger partial charge on any atom is -0.481 e. The number of rotatable bonds is 9. The Morgan fingerprint density at radius 2 is 2.00 bits per heavy atom. The van der Waals surface area contributed by atoms with Crippen LogP contribution in [0, 0.1) is 5.82 Å². The molecule has 0 bridgehead atoms. The van der Waals surface area contributed by atoms with Gasteiger partial charge in [-0.15, -0.1) is 11.3 Å². The van der Waals surface area contributed by atoms with E-state index in [1.165, 1.54) is 23.5 Å². The van der Waals surface area contributed by atoms with Crippen molar-refractivity contribution in [2.45, 2.75) is 32.1 Å². The number of aryl methyl sites for hydroxylation is 1. The Hall–Kier alpha value is -2.45. The molecule has 0 saturated heterocycles. The van der Waals surface area contributed by atoms with Gasteiger partial charge in [0, 0.05) is 25.1 Å². The molecule has 1 aliphatic carbocycles. The molecule has 3 rings (SSSR count). The van der Waals surface area contributed by atoms with Crippen LogP contribution in [0.5, 0.6) is 5.75 Å². The average molecular weight is 421 g/mol. The van der Waals surface area contributed by atoms with E-state index < -0.39 is 11.7 Å². The Morgan fingerprint density at radius 3 is 2.79 bits per heavy atom. The molecule has 0 aliphatic heterocycles. The smallest absolute Gasteiger partial charge is 0.262 e. The standard InChI is InChI=1S/C21H25FN2O4S/c1-27-12-6-11-23-20(26)19-14-7-2-5-10-17(14)29-21(19)24-18(25)13-28-16-9-4-3-8-15(16)22/h3-4,8-9H,2,5-7,10-13H2,1H3,(H,23,26)(H,24,25). The first-order valence-corrected chi connectivity index (χ1v) is 10.5. The van der Waals surface area contributed by atoms with E-state index >= 15 is 0 Å². The van der Waals surface area contributed by atoms with E-state index in [2.05, 4.69) is 10.6 Å². The molecule has 0 spiro atoms. The number of para-hydroxylation sites is 1. The first kappa shape index (κ1) is 21.3. The molecule has 1 heterocycles. The molecule has 0 atom stereocenters. The van der Waals surface area contributed by atoms with Crippen LogP contribution in [0.15, 0.2) is 24.3 Å². The van der Waals surface area contributed by atoms with E-state index in [1.54, 1.807) is 19.2 Å². The Morgan fingerprint density at radius 1 is 1.21 bits per heavy atom. The summed E-state index contributed by atoms with van der Waals surface area (Å²) in [6.45, 7) is 0.735. The summed E-state index contributed by atoms with van der Waals surface area (Å²) in [7, 11) is 1.62. The van der Waals surface area contributed by atoms with E-state index in [-0.39, 0.29) is 18.3 Å². The van der Waals surface area contributed by atoms with Gasteiger partial charge in [0.2, 0.25) is 0 Å². The van der Waals surface area contributed by atoms with Crippen molar-refractivity contribution in [3.05, 3.63) is 46.1 Å². The number of hydrogen-bond acceptors (Lipinski definition) is 5. The second-order valence-corrected chi connectivity index (χ2v) is 7.89. The second-order valence-electron chi connectivity index (χ2n) is 6.78. The molecule has 2 amide bonds. The Balaban J connectivity index is 1.69. The molecule has 1 aromatic carbocycles. The highest BCUT2D eigenvalue weighted by atomic mass is 32.1. The number of thiophene rings is 1. The number of amides is 2. The molecule has 0 saturated carbocycles. The van der Waals surface area contributed by atoms with Gasteiger partial charge in [-0.2, -0.15) is 0 Å². The van der Waals surface area contributed by atoms with Crippen LogP contribution in [0.1, 0.15) is 40.1 Å². The lowest BCUT2D eigenvalue weighted by Gasteiger charge is -2.13. The van der Waals surface area contributed by atoms with Gasteiger partial charge >= 0.3 is 0 Å². The van der Waals surface area contributed by atoms with Crippen LogP contribution in [-0.4, -0.2) is 38.7 Å². The Bertz CT molecular complexity index is 868. The highest BCUT2D eigenvalue weighted by molar-refractivity contribution is 7.17. The highest BCUT2D eigenvalue weighted by Gasteiger charge is 2.26. The quantitative estimate of drug-likeness (QED) is 0.609. The summed E-state index contributed by atoms with van der Waals surface area (Å²) in [5.74, 6) is -1.13. The number of methoxy groups -OCH3 is 1. The number of benzene rings is 1. The molecular formula is C21H25FN2O4S. The van der Waals surface area contributed by atoms with Crippen LogP contribution >= 0.6 is 11.3 Å². The van der Waals surface area contributed by atoms with Crippen molar-refractivity contribution in [2.24, 2.45) is 0 Å². The molecule has 2 N–H and O–H groups in total. The molecule has 6 nitrogen and oxygen atoms in total. The zero-order valence-corrected chi connectivity index (χ0v) is 17.2. The van der Waals surface area contributed by atoms with Crippen molar-refractivity contribution in [1.29, 1.82) is 0 Å². The predicted molar refractivity (Wildman–Crippen MR) is 110 cm³/mol. The lowest BCUT2D eigenvalue weighted by atomic mass is 9.95. The van der Waals surface area contributed by atoms with E-state index in [0.717, 1.165) is 36.1 Å². The van der Waals surface area contributed by atoms with Gasteiger partial charge in [-0.05, 0) is 49.8 Å². The SMILES string of the molecule is COCCCNC(=O)c1c(NC(=O)COc2ccccc2F)sc2c1CCCC2. The van der Waals surface area contributed by atoms with E-state index in [9.17, 15) is 14.0 Å². The number of nitrogens with one attached hydrogen (secondary N) is 2. The van der Waals surface area contributed by atoms with Crippen molar-refractivity contribution >= 4 is 28.2 Å². The molecule has 1 aliphatic rings. The van der Waals surface area contributed by atoms with Gasteiger partial charge in [0.15, 0.2) is 18.2 Å². The first-order chi connectivity index (χ1) is 14.1. The molecule has 1 aromatic heterocycles. The summed E-state index contributed by atoms with van der Waals surface area (Å²) < 4.78 is 23.9. The number of halogens is 1. The van der Waals surface area contributed by atoms with Gasteiger partial charge in [0.1, 0.15) is 5.00 Å². The maximum atomic E-state index is 13.6. The highest BCUT2D eigenvalue weighted by Crippen LogP contribution is 2.38. The zero-order valence-electron chi connectivity index (χ0n) is 16.4. The predicted octanol–water partition coefficient (Wildman–Crippen LogP) is 3.55. The van der Waals surface area contributed by atoms with Gasteiger partial charge < -0.3 is 20.1 Å². The second kappa shape index (κ2) is 10.4. The van der Waals surface area contributed by atoms with Crippen molar-refractivity contribution in [3.8, 4) is 5.75 Å². The fourth-order valence-corrected chi connectivity index (χ4v) is 4.57. The summed E-state index contributed by atoms with van der Waals surface area (Å²) in [5, 5.41) is 6.22. The molecule has 156 valence electrons. The van der Waals surface area contributed by atoms with E-state index in [1.807, 2.05) is 0 Å². The third kappa shape index (κ3) is 5.55. The minimum atomic E-state index is -0.525. The summed E-state index contributed by atoms with van der Waals surface area (Å²) in [5.41, 5.74) is 1.57. The maximum Gasteiger partial charge on any atom is 0.262 e. The fraction of sp³-hybridized carbons (Fsp3) is 0.429. The number of hydrogen-bond donors (Lipinski definition) is 2. The van der Waals surface area contributed by atoms with Crippen LogP contribution in [0.2, 0.25) is 0 Å². The first-order valence-electron chi connectivity index (χ1n) is 9.69. The van der Waals surface area contributed by atoms with Crippen molar-refractivity contribution in [3.63, 3.8) is 0 Å². The van der Waals surface area contributed by atoms with Gasteiger partial charge in [0.25, 0.3) is 11.8 Å². The molecule has 8 heteroatoms. The van der Waals surface area contributed by atoms with E-state index in [0.29, 0.717) is 30.1 Å². The van der Waals surface area contributed by atoms with Gasteiger partial charge in [-0.3, -0.25) is 9.59 Å². The summed E-state index contributed by atoms with van der Waals surface area (Å²) in [6.07, 6.45) is 4.55. The van der Waals surface area contributed by atoms with Crippen LogP contribution in [0.25, 0.3) is 0 Å². The van der Waals surface area contributed by atoms with Crippen LogP contribution < -0.4 is 15.4 Å². The third-order valence-corrected chi connectivity index (χ3v) is 5.86. The number of fused-ring (bicyclic) bond motifs is 1. The van der Waals surface area contributed by atoms with Crippen molar-refractivity contribution in [1.82, 2.24) is 5.32 Å². The van der Waals surface area contributed by atoms with E-state index in [4.69, 9.17) is 9.47 Å². The van der Waals surface area contributed by atoms with Gasteiger partial charge in [-0.25, -0.2) is 4.39 Å². The number of ether oxygens (including phenoxy) is 2. The summed E-state index contributed by atoms with van der Waals surface area (Å²) in [6, 6.07) is 5.92. The van der Waals surface area contributed by atoms with Crippen LogP contribution in [0.4, 0.5) is 9.39 Å². The maximum absolute atomic E-state index is 13.6. The van der Waals surface area contributed by atoms with Gasteiger partial charge in [0.05, 0.1) is 5.56 Å². The molecule has 0 fully saturated rings. The summed E-state index contributed by atoms with van der Waals surface area (Å²) in [4.78, 5) is 26.3. The van der Waals surface area contributed by atoms with Crippen molar-refractivity contribution in [2.75, 3.05) is 32.2 Å². The molecule has 2 aromatic rings. The average Bonchev–Trinajstić information content (AvgIpc) is 3.08. The van der Waals surface area contributed by atoms with Crippen LogP contribution in [0.3, 0.4) is 0 Å². The molecule has 0 radical (unpaired) electrons. The topological polar surface area (TPSA) is 76.7 Å². The van der Waals surface area contributed by atoms with Crippen molar-refractivity contribution < 1.29 is 23.5 Å². The lowest BCUT2D eigenvalue weighted by molar-refractivity contribution is -0.118. The van der Waals surface area contributed by atoms with Gasteiger partial charge in [-0.1, -0.05) is 12.1 Å². The normalized spacial score (nSPS) is 12.9. The Labute approximate surface area is 173 Å². The fourth-order valence-electron chi connectivity index (χ4n) is 3.27. The summed E-state index contributed by atoms with van der Waals surface area (Å²) >= 11 is 1.44. The molecule has 29 heavy (non-hydrogen) atoms. The Kier molecular flexibility index (Phi) is 7.60. The van der Waals surface area contributed by atoms with Crippen LogP contribution in [-0.2, 0) is 22.4 Å². The molecule has 0 unspecified atom stereocenters.